The van der Waals surface area contributed by atoms with Crippen LogP contribution in [0.5, 0.6) is 0 Å². The number of hydrogen-bond acceptors (Lipinski definition) is 3. The van der Waals surface area contributed by atoms with Crippen molar-refractivity contribution < 1.29 is 9.59 Å². The van der Waals surface area contributed by atoms with Gasteiger partial charge in [0.05, 0.1) is 12.7 Å². The number of likely N-dealkylation sites (N-methyl/N-ethyl adjacent to an activating group) is 1. The van der Waals surface area contributed by atoms with Gasteiger partial charge in [0.15, 0.2) is 0 Å². The fraction of sp³-hybridized carbons (Fsp3) is 0.375. The minimum atomic E-state index is -0.389. The van der Waals surface area contributed by atoms with Crippen molar-refractivity contribution in [2.75, 3.05) is 7.05 Å². The van der Waals surface area contributed by atoms with E-state index in [2.05, 4.69) is 4.98 Å². The van der Waals surface area contributed by atoms with E-state index in [-0.39, 0.29) is 24.3 Å². The van der Waals surface area contributed by atoms with Crippen LogP contribution >= 0.6 is 0 Å². The summed E-state index contributed by atoms with van der Waals surface area (Å²) < 4.78 is 1.66. The van der Waals surface area contributed by atoms with E-state index in [1.54, 1.807) is 23.3 Å². The summed E-state index contributed by atoms with van der Waals surface area (Å²) in [4.78, 5) is 27.6. The molecular formula is C8H9N3O2. The van der Waals surface area contributed by atoms with E-state index >= 15 is 0 Å². The quantitative estimate of drug-likeness (QED) is 0.561. The Balaban J connectivity index is 2.29. The molecule has 0 saturated carbocycles. The average Bonchev–Trinajstić information content (AvgIpc) is 2.70. The predicted molar refractivity (Wildman–Crippen MR) is 43.7 cm³/mol. The molecule has 1 unspecified atom stereocenters. The lowest BCUT2D eigenvalue weighted by Crippen LogP contribution is -2.26. The van der Waals surface area contributed by atoms with Gasteiger partial charge in [0, 0.05) is 19.4 Å². The number of nitrogens with zero attached hydrogens (tertiary/aromatic N) is 3. The second kappa shape index (κ2) is 2.69. The first-order chi connectivity index (χ1) is 6.20. The maximum Gasteiger partial charge on any atom is 0.252 e. The average molecular weight is 179 g/mol. The van der Waals surface area contributed by atoms with Crippen LogP contribution in [-0.4, -0.2) is 33.3 Å². The maximum absolute atomic E-state index is 11.5. The summed E-state index contributed by atoms with van der Waals surface area (Å²) in [6.07, 6.45) is 5.08. The molecule has 1 fully saturated rings. The number of imidazole rings is 1. The number of hydrogen-bond donors (Lipinski definition) is 0. The molecule has 0 radical (unpaired) electrons. The Morgan fingerprint density at radius 2 is 2.31 bits per heavy atom. The third-order valence-electron chi connectivity index (χ3n) is 2.24. The van der Waals surface area contributed by atoms with Crippen LogP contribution in [0.1, 0.15) is 12.5 Å². The summed E-state index contributed by atoms with van der Waals surface area (Å²) in [5.74, 6) is -0.299. The largest absolute Gasteiger partial charge is 0.324 e. The van der Waals surface area contributed by atoms with Crippen LogP contribution in [0.25, 0.3) is 0 Å². The summed E-state index contributed by atoms with van der Waals surface area (Å²) >= 11 is 0. The molecule has 0 aliphatic carbocycles. The number of rotatable bonds is 1. The van der Waals surface area contributed by atoms with Crippen molar-refractivity contribution in [3.05, 3.63) is 18.7 Å². The second-order valence-corrected chi connectivity index (χ2v) is 3.02. The van der Waals surface area contributed by atoms with E-state index in [1.165, 1.54) is 7.05 Å². The first-order valence-corrected chi connectivity index (χ1v) is 3.98. The molecule has 1 aromatic heterocycles. The zero-order valence-corrected chi connectivity index (χ0v) is 7.17. The van der Waals surface area contributed by atoms with Crippen LogP contribution in [-0.2, 0) is 9.59 Å². The Bertz CT molecular complexity index is 344. The highest BCUT2D eigenvalue weighted by molar-refractivity contribution is 6.04. The highest BCUT2D eigenvalue weighted by Crippen LogP contribution is 2.22. The van der Waals surface area contributed by atoms with Gasteiger partial charge in [-0.2, -0.15) is 0 Å². The van der Waals surface area contributed by atoms with E-state index < -0.39 is 0 Å². The molecule has 2 heterocycles. The predicted octanol–water partition coefficient (Wildman–Crippen LogP) is -0.187. The summed E-state index contributed by atoms with van der Waals surface area (Å²) in [7, 11) is 1.50. The third-order valence-corrected chi connectivity index (χ3v) is 2.24. The number of carbonyl (C=O) groups is 2. The molecule has 1 atom stereocenters. The number of aromatic nitrogens is 2. The van der Waals surface area contributed by atoms with Crippen LogP contribution in [0.2, 0.25) is 0 Å². The fourth-order valence-electron chi connectivity index (χ4n) is 1.42. The molecule has 5 nitrogen and oxygen atoms in total. The zero-order chi connectivity index (χ0) is 9.42. The van der Waals surface area contributed by atoms with Gasteiger partial charge in [0.1, 0.15) is 6.04 Å². The van der Waals surface area contributed by atoms with E-state index in [0.29, 0.717) is 0 Å². The SMILES string of the molecule is CN1C(=O)CC(n2ccnc2)C1=O. The van der Waals surface area contributed by atoms with E-state index in [9.17, 15) is 9.59 Å². The summed E-state index contributed by atoms with van der Waals surface area (Å²) in [5, 5.41) is 0. The Hall–Kier alpha value is -1.65. The molecule has 0 aromatic carbocycles. The van der Waals surface area contributed by atoms with E-state index in [0.717, 1.165) is 4.90 Å². The summed E-state index contributed by atoms with van der Waals surface area (Å²) in [5.41, 5.74) is 0. The molecule has 0 spiro atoms. The van der Waals surface area contributed by atoms with Crippen LogP contribution in [0.15, 0.2) is 18.7 Å². The Morgan fingerprint density at radius 3 is 2.77 bits per heavy atom. The van der Waals surface area contributed by atoms with Crippen molar-refractivity contribution in [3.8, 4) is 0 Å². The van der Waals surface area contributed by atoms with Crippen LogP contribution in [0.4, 0.5) is 0 Å². The molecule has 2 rings (SSSR count). The molecule has 0 N–H and O–H groups in total. The molecule has 1 aromatic rings. The highest BCUT2D eigenvalue weighted by Gasteiger charge is 2.36. The van der Waals surface area contributed by atoms with Gasteiger partial charge < -0.3 is 4.57 Å². The molecule has 1 aliphatic rings. The molecule has 68 valence electrons. The Kier molecular flexibility index (Phi) is 1.65. The molecule has 2 amide bonds. The van der Waals surface area contributed by atoms with Gasteiger partial charge in [0.2, 0.25) is 5.91 Å². The number of amides is 2. The van der Waals surface area contributed by atoms with Gasteiger partial charge in [-0.05, 0) is 0 Å². The summed E-state index contributed by atoms with van der Waals surface area (Å²) in [6.45, 7) is 0. The van der Waals surface area contributed by atoms with Crippen LogP contribution in [0, 0.1) is 0 Å². The van der Waals surface area contributed by atoms with Crippen molar-refractivity contribution >= 4 is 11.8 Å². The first kappa shape index (κ1) is 7.97. The number of carbonyl (C=O) groups excluding carboxylic acids is 2. The Morgan fingerprint density at radius 1 is 1.54 bits per heavy atom. The van der Waals surface area contributed by atoms with E-state index in [1.807, 2.05) is 0 Å². The van der Waals surface area contributed by atoms with Gasteiger partial charge in [-0.15, -0.1) is 0 Å². The van der Waals surface area contributed by atoms with Crippen molar-refractivity contribution in [2.24, 2.45) is 0 Å². The van der Waals surface area contributed by atoms with Crippen molar-refractivity contribution in [3.63, 3.8) is 0 Å². The van der Waals surface area contributed by atoms with Crippen LogP contribution in [0.3, 0.4) is 0 Å². The molecule has 13 heavy (non-hydrogen) atoms. The normalized spacial score (nSPS) is 22.8. The van der Waals surface area contributed by atoms with Crippen molar-refractivity contribution in [1.82, 2.24) is 14.5 Å². The number of imide groups is 1. The van der Waals surface area contributed by atoms with Crippen molar-refractivity contribution in [2.45, 2.75) is 12.5 Å². The lowest BCUT2D eigenvalue weighted by atomic mass is 10.2. The molecular weight excluding hydrogens is 170 g/mol. The lowest BCUT2D eigenvalue weighted by molar-refractivity contribution is -0.137. The first-order valence-electron chi connectivity index (χ1n) is 3.98. The van der Waals surface area contributed by atoms with E-state index in [4.69, 9.17) is 0 Å². The van der Waals surface area contributed by atoms with Gasteiger partial charge in [-0.1, -0.05) is 0 Å². The Labute approximate surface area is 75.0 Å². The molecule has 5 heteroatoms. The van der Waals surface area contributed by atoms with Gasteiger partial charge in [-0.3, -0.25) is 14.5 Å². The lowest BCUT2D eigenvalue weighted by Gasteiger charge is -2.08. The molecule has 0 bridgehead atoms. The standard InChI is InChI=1S/C8H9N3O2/c1-10-7(12)4-6(8(10)13)11-3-2-9-5-11/h2-3,5-6H,4H2,1H3. The van der Waals surface area contributed by atoms with Crippen LogP contribution < -0.4 is 0 Å². The third kappa shape index (κ3) is 1.12. The van der Waals surface area contributed by atoms with Crippen molar-refractivity contribution in [1.29, 1.82) is 0 Å². The fourth-order valence-corrected chi connectivity index (χ4v) is 1.42. The zero-order valence-electron chi connectivity index (χ0n) is 7.17. The molecule has 1 aliphatic heterocycles. The minimum Gasteiger partial charge on any atom is -0.324 e. The smallest absolute Gasteiger partial charge is 0.252 e. The van der Waals surface area contributed by atoms with Gasteiger partial charge in [0.25, 0.3) is 5.91 Å². The number of likely N-dealkylation sites (tertiary alicyclic amines) is 1. The monoisotopic (exact) mass is 179 g/mol. The topological polar surface area (TPSA) is 55.2 Å². The minimum absolute atomic E-state index is 0.135. The van der Waals surface area contributed by atoms with Gasteiger partial charge in [-0.25, -0.2) is 4.98 Å². The maximum atomic E-state index is 11.5. The highest BCUT2D eigenvalue weighted by atomic mass is 16.2. The molecule has 1 saturated heterocycles. The summed E-state index contributed by atoms with van der Waals surface area (Å²) in [6, 6.07) is -0.389. The second-order valence-electron chi connectivity index (χ2n) is 3.02. The van der Waals surface area contributed by atoms with Gasteiger partial charge >= 0.3 is 0 Å².